The Labute approximate surface area is 148 Å². The summed E-state index contributed by atoms with van der Waals surface area (Å²) in [6.07, 6.45) is -0.330. The number of rotatable bonds is 7. The van der Waals surface area contributed by atoms with E-state index in [1.165, 1.54) is 18.2 Å². The average Bonchev–Trinajstić information content (AvgIpc) is 2.57. The number of nitrogens with zero attached hydrogens (tertiary/aromatic N) is 1. The van der Waals surface area contributed by atoms with Crippen LogP contribution in [0.3, 0.4) is 0 Å². The molecular weight excluding hydrogens is 344 g/mol. The molecule has 2 aromatic carbocycles. The molecule has 0 saturated heterocycles. The van der Waals surface area contributed by atoms with Crippen molar-refractivity contribution in [1.29, 1.82) is 0 Å². The number of phenols is 2. The van der Waals surface area contributed by atoms with E-state index in [1.54, 1.807) is 31.2 Å². The molecule has 138 valence electrons. The fraction of sp³-hybridized carbons (Fsp3) is 0.235. The highest BCUT2D eigenvalue weighted by atomic mass is 16.9. The molecule has 0 bridgehead atoms. The van der Waals surface area contributed by atoms with Gasteiger partial charge in [-0.05, 0) is 37.1 Å². The van der Waals surface area contributed by atoms with Crippen LogP contribution in [-0.2, 0) is 17.9 Å². The Hall–Kier alpha value is -3.49. The van der Waals surface area contributed by atoms with Gasteiger partial charge in [-0.3, -0.25) is 0 Å². The zero-order valence-corrected chi connectivity index (χ0v) is 13.9. The third-order valence-electron chi connectivity index (χ3n) is 3.45. The number of ether oxygens (including phenoxy) is 1. The van der Waals surface area contributed by atoms with E-state index in [4.69, 9.17) is 4.74 Å². The largest absolute Gasteiger partial charge is 0.504 e. The van der Waals surface area contributed by atoms with Crippen molar-refractivity contribution in [2.45, 2.75) is 26.0 Å². The molecule has 0 aromatic heterocycles. The molecule has 1 amide bonds. The molecule has 0 aliphatic rings. The quantitative estimate of drug-likeness (QED) is 0.392. The van der Waals surface area contributed by atoms with Crippen LogP contribution in [0.2, 0.25) is 0 Å². The lowest BCUT2D eigenvalue weighted by atomic mass is 10.1. The van der Waals surface area contributed by atoms with Gasteiger partial charge in [0.25, 0.3) is 5.09 Å². The smallest absolute Gasteiger partial charge is 0.412 e. The van der Waals surface area contributed by atoms with Crippen molar-refractivity contribution >= 4 is 6.09 Å². The number of carbonyl (C=O) groups is 1. The molecule has 0 fully saturated rings. The summed E-state index contributed by atoms with van der Waals surface area (Å²) in [5, 5.41) is 30.8. The fourth-order valence-corrected chi connectivity index (χ4v) is 2.28. The van der Waals surface area contributed by atoms with Gasteiger partial charge < -0.3 is 25.1 Å². The maximum atomic E-state index is 12.0. The minimum absolute atomic E-state index is 0.154. The van der Waals surface area contributed by atoms with Crippen molar-refractivity contribution in [2.75, 3.05) is 0 Å². The number of hydrogen-bond donors (Lipinski definition) is 3. The van der Waals surface area contributed by atoms with Gasteiger partial charge in [0.15, 0.2) is 11.5 Å². The van der Waals surface area contributed by atoms with E-state index >= 15 is 0 Å². The summed E-state index contributed by atoms with van der Waals surface area (Å²) >= 11 is 0. The summed E-state index contributed by atoms with van der Waals surface area (Å²) in [6, 6.07) is 10.4. The van der Waals surface area contributed by atoms with E-state index in [9.17, 15) is 25.1 Å². The molecule has 3 N–H and O–H groups in total. The van der Waals surface area contributed by atoms with Crippen molar-refractivity contribution in [3.63, 3.8) is 0 Å². The van der Waals surface area contributed by atoms with E-state index in [2.05, 4.69) is 10.2 Å². The molecule has 0 aliphatic heterocycles. The first-order valence-corrected chi connectivity index (χ1v) is 7.69. The Kier molecular flexibility index (Phi) is 6.20. The topological polar surface area (TPSA) is 131 Å². The van der Waals surface area contributed by atoms with Gasteiger partial charge in [0.2, 0.25) is 0 Å². The SMILES string of the molecule is CC(Cc1ccc(O)c(O)c1)NC(=O)Oc1ccccc1CO[N+](=O)[O-]. The monoisotopic (exact) mass is 362 g/mol. The summed E-state index contributed by atoms with van der Waals surface area (Å²) in [7, 11) is 0. The van der Waals surface area contributed by atoms with Crippen molar-refractivity contribution in [1.82, 2.24) is 5.32 Å². The molecule has 1 unspecified atom stereocenters. The number of benzene rings is 2. The highest BCUT2D eigenvalue weighted by molar-refractivity contribution is 5.71. The third kappa shape index (κ3) is 5.55. The highest BCUT2D eigenvalue weighted by Gasteiger charge is 2.13. The predicted octanol–water partition coefficient (Wildman–Crippen LogP) is 2.53. The standard InChI is InChI=1S/C17H18N2O7/c1-11(8-12-6-7-14(20)15(21)9-12)18-17(22)26-16-5-3-2-4-13(16)10-25-19(23)24/h2-7,9,11,20-21H,8,10H2,1H3,(H,18,22). The number of aromatic hydroxyl groups is 2. The van der Waals surface area contributed by atoms with E-state index in [0.29, 0.717) is 17.5 Å². The molecule has 2 rings (SSSR count). The summed E-state index contributed by atoms with van der Waals surface area (Å²) < 4.78 is 5.19. The molecule has 1 atom stereocenters. The molecule has 2 aromatic rings. The molecule has 0 saturated carbocycles. The van der Waals surface area contributed by atoms with Crippen LogP contribution in [-0.4, -0.2) is 27.4 Å². The van der Waals surface area contributed by atoms with Gasteiger partial charge in [-0.25, -0.2) is 4.79 Å². The minimum atomic E-state index is -0.925. The maximum Gasteiger partial charge on any atom is 0.412 e. The molecule has 26 heavy (non-hydrogen) atoms. The zero-order chi connectivity index (χ0) is 19.1. The first-order valence-electron chi connectivity index (χ1n) is 7.69. The van der Waals surface area contributed by atoms with Crippen molar-refractivity contribution in [3.8, 4) is 17.2 Å². The molecule has 0 spiro atoms. The van der Waals surface area contributed by atoms with E-state index in [-0.39, 0.29) is 29.9 Å². The number of nitrogens with one attached hydrogen (secondary N) is 1. The lowest BCUT2D eigenvalue weighted by Gasteiger charge is -2.15. The van der Waals surface area contributed by atoms with Gasteiger partial charge in [0.05, 0.1) is 0 Å². The Balaban J connectivity index is 1.93. The second kappa shape index (κ2) is 8.56. The lowest BCUT2D eigenvalue weighted by molar-refractivity contribution is -0.763. The Morgan fingerprint density at radius 3 is 2.65 bits per heavy atom. The normalized spacial score (nSPS) is 11.4. The van der Waals surface area contributed by atoms with Crippen LogP contribution in [0.15, 0.2) is 42.5 Å². The van der Waals surface area contributed by atoms with Gasteiger partial charge in [0, 0.05) is 11.6 Å². The zero-order valence-electron chi connectivity index (χ0n) is 13.9. The average molecular weight is 362 g/mol. The number of phenolic OH excluding ortho intramolecular Hbond substituents is 2. The predicted molar refractivity (Wildman–Crippen MR) is 90.3 cm³/mol. The van der Waals surface area contributed by atoms with Crippen LogP contribution in [0.25, 0.3) is 0 Å². The van der Waals surface area contributed by atoms with Crippen LogP contribution < -0.4 is 10.1 Å². The van der Waals surface area contributed by atoms with Crippen molar-refractivity contribution in [2.24, 2.45) is 0 Å². The Bertz CT molecular complexity index is 794. The molecule has 9 heteroatoms. The minimum Gasteiger partial charge on any atom is -0.504 e. The van der Waals surface area contributed by atoms with Crippen molar-refractivity contribution in [3.05, 3.63) is 63.7 Å². The van der Waals surface area contributed by atoms with Gasteiger partial charge in [-0.15, -0.1) is 10.1 Å². The highest BCUT2D eigenvalue weighted by Crippen LogP contribution is 2.25. The number of carbonyl (C=O) groups excluding carboxylic acids is 1. The van der Waals surface area contributed by atoms with Gasteiger partial charge in [-0.1, -0.05) is 24.3 Å². The van der Waals surface area contributed by atoms with Crippen LogP contribution >= 0.6 is 0 Å². The summed E-state index contributed by atoms with van der Waals surface area (Å²) in [4.78, 5) is 26.6. The summed E-state index contributed by atoms with van der Waals surface area (Å²) in [5.41, 5.74) is 1.07. The number of amides is 1. The van der Waals surface area contributed by atoms with E-state index < -0.39 is 11.2 Å². The van der Waals surface area contributed by atoms with E-state index in [1.807, 2.05) is 0 Å². The first-order chi connectivity index (χ1) is 12.3. The van der Waals surface area contributed by atoms with Crippen LogP contribution in [0.5, 0.6) is 17.2 Å². The number of hydrogen-bond acceptors (Lipinski definition) is 7. The molecule has 0 heterocycles. The van der Waals surface area contributed by atoms with Crippen LogP contribution in [0, 0.1) is 10.1 Å². The molecule has 0 aliphatic carbocycles. The first kappa shape index (κ1) is 18.8. The molecular formula is C17H18N2O7. The van der Waals surface area contributed by atoms with Crippen molar-refractivity contribution < 1.29 is 29.7 Å². The lowest BCUT2D eigenvalue weighted by Crippen LogP contribution is -2.36. The second-order valence-electron chi connectivity index (χ2n) is 5.57. The number of para-hydroxylation sites is 1. The van der Waals surface area contributed by atoms with E-state index in [0.717, 1.165) is 0 Å². The third-order valence-corrected chi connectivity index (χ3v) is 3.45. The molecule has 9 nitrogen and oxygen atoms in total. The maximum absolute atomic E-state index is 12.0. The van der Waals surface area contributed by atoms with Crippen LogP contribution in [0.1, 0.15) is 18.1 Å². The fourth-order valence-electron chi connectivity index (χ4n) is 2.28. The van der Waals surface area contributed by atoms with Crippen LogP contribution in [0.4, 0.5) is 4.79 Å². The Morgan fingerprint density at radius 2 is 1.96 bits per heavy atom. The summed E-state index contributed by atoms with van der Waals surface area (Å²) in [6.45, 7) is 1.41. The Morgan fingerprint density at radius 1 is 1.23 bits per heavy atom. The summed E-state index contributed by atoms with van der Waals surface area (Å²) in [5.74, 6) is -0.305. The van der Waals surface area contributed by atoms with Gasteiger partial charge in [-0.2, -0.15) is 0 Å². The van der Waals surface area contributed by atoms with Gasteiger partial charge >= 0.3 is 6.09 Å². The second-order valence-corrected chi connectivity index (χ2v) is 5.57. The molecule has 0 radical (unpaired) electrons. The van der Waals surface area contributed by atoms with Gasteiger partial charge in [0.1, 0.15) is 12.4 Å².